The standard InChI is InChI=1S/C12H12N4O4/c13-6-8-5-9(16(19)20)1-2-10(8)15-4-3-14-7-11(15)12(17)18/h1-2,5,11,14H,3-4,7H2,(H,17,18). The van der Waals surface area contributed by atoms with Crippen LogP contribution < -0.4 is 10.2 Å². The Bertz CT molecular complexity index is 596. The molecule has 1 saturated heterocycles. The first kappa shape index (κ1) is 13.8. The quantitative estimate of drug-likeness (QED) is 0.603. The molecule has 1 unspecified atom stereocenters. The van der Waals surface area contributed by atoms with Gasteiger partial charge in [-0.3, -0.25) is 10.1 Å². The van der Waals surface area contributed by atoms with Crippen molar-refractivity contribution in [3.63, 3.8) is 0 Å². The number of nitriles is 1. The predicted octanol–water partition coefficient (Wildman–Crippen LogP) is 0.329. The topological polar surface area (TPSA) is 119 Å². The van der Waals surface area contributed by atoms with Gasteiger partial charge in [0.25, 0.3) is 5.69 Å². The highest BCUT2D eigenvalue weighted by Gasteiger charge is 2.30. The minimum Gasteiger partial charge on any atom is -0.480 e. The summed E-state index contributed by atoms with van der Waals surface area (Å²) in [6, 6.07) is 4.96. The van der Waals surface area contributed by atoms with Crippen molar-refractivity contribution < 1.29 is 14.8 Å². The van der Waals surface area contributed by atoms with Gasteiger partial charge in [-0.15, -0.1) is 0 Å². The second-order valence-corrected chi connectivity index (χ2v) is 4.32. The summed E-state index contributed by atoms with van der Waals surface area (Å²) in [5, 5.41) is 32.0. The zero-order valence-corrected chi connectivity index (χ0v) is 10.4. The summed E-state index contributed by atoms with van der Waals surface area (Å²) in [5.74, 6) is -1.00. The molecule has 1 aromatic carbocycles. The molecule has 0 saturated carbocycles. The molecular weight excluding hydrogens is 264 g/mol. The third-order valence-electron chi connectivity index (χ3n) is 3.15. The van der Waals surface area contributed by atoms with Crippen molar-refractivity contribution in [3.05, 3.63) is 33.9 Å². The van der Waals surface area contributed by atoms with E-state index in [0.29, 0.717) is 18.8 Å². The fourth-order valence-corrected chi connectivity index (χ4v) is 2.19. The molecule has 1 aliphatic rings. The maximum atomic E-state index is 11.2. The van der Waals surface area contributed by atoms with E-state index in [1.165, 1.54) is 12.1 Å². The van der Waals surface area contributed by atoms with E-state index in [-0.39, 0.29) is 17.8 Å². The Kier molecular flexibility index (Phi) is 3.81. The lowest BCUT2D eigenvalue weighted by Crippen LogP contribution is -2.55. The van der Waals surface area contributed by atoms with Crippen molar-refractivity contribution in [3.8, 4) is 6.07 Å². The summed E-state index contributed by atoms with van der Waals surface area (Å²) in [7, 11) is 0. The summed E-state index contributed by atoms with van der Waals surface area (Å²) < 4.78 is 0. The first-order chi connectivity index (χ1) is 9.54. The molecule has 1 aromatic rings. The fourth-order valence-electron chi connectivity index (χ4n) is 2.19. The molecule has 0 aliphatic carbocycles. The second-order valence-electron chi connectivity index (χ2n) is 4.32. The number of piperazine rings is 1. The van der Waals surface area contributed by atoms with Crippen LogP contribution in [-0.2, 0) is 4.79 Å². The van der Waals surface area contributed by atoms with Gasteiger partial charge in [0.2, 0.25) is 0 Å². The van der Waals surface area contributed by atoms with Crippen LogP contribution in [0.4, 0.5) is 11.4 Å². The molecular formula is C12H12N4O4. The SMILES string of the molecule is N#Cc1cc([N+](=O)[O-])ccc1N1CCNCC1C(=O)O. The first-order valence-electron chi connectivity index (χ1n) is 5.93. The lowest BCUT2D eigenvalue weighted by atomic mass is 10.1. The maximum absolute atomic E-state index is 11.2. The van der Waals surface area contributed by atoms with E-state index < -0.39 is 16.9 Å². The summed E-state index contributed by atoms with van der Waals surface area (Å²) in [6.07, 6.45) is 0. The van der Waals surface area contributed by atoms with Crippen molar-refractivity contribution in [2.75, 3.05) is 24.5 Å². The highest BCUT2D eigenvalue weighted by molar-refractivity contribution is 5.80. The summed E-state index contributed by atoms with van der Waals surface area (Å²) >= 11 is 0. The molecule has 2 N–H and O–H groups in total. The van der Waals surface area contributed by atoms with E-state index in [1.807, 2.05) is 6.07 Å². The van der Waals surface area contributed by atoms with E-state index in [9.17, 15) is 20.0 Å². The number of nitro benzene ring substituents is 1. The molecule has 0 bridgehead atoms. The Labute approximate surface area is 114 Å². The number of anilines is 1. The van der Waals surface area contributed by atoms with Crippen LogP contribution in [0.2, 0.25) is 0 Å². The monoisotopic (exact) mass is 276 g/mol. The van der Waals surface area contributed by atoms with E-state index in [0.717, 1.165) is 6.07 Å². The third-order valence-corrected chi connectivity index (χ3v) is 3.15. The van der Waals surface area contributed by atoms with Crippen LogP contribution in [-0.4, -0.2) is 41.7 Å². The van der Waals surface area contributed by atoms with Gasteiger partial charge in [-0.1, -0.05) is 0 Å². The third kappa shape index (κ3) is 2.53. The molecule has 1 fully saturated rings. The van der Waals surface area contributed by atoms with Crippen LogP contribution in [0.3, 0.4) is 0 Å². The Hall–Kier alpha value is -2.66. The predicted molar refractivity (Wildman–Crippen MR) is 69.5 cm³/mol. The largest absolute Gasteiger partial charge is 0.480 e. The van der Waals surface area contributed by atoms with Gasteiger partial charge in [0.05, 0.1) is 16.2 Å². The molecule has 0 amide bonds. The van der Waals surface area contributed by atoms with Crippen molar-refractivity contribution in [1.29, 1.82) is 5.26 Å². The van der Waals surface area contributed by atoms with E-state index in [1.54, 1.807) is 4.90 Å². The van der Waals surface area contributed by atoms with Crippen molar-refractivity contribution in [2.45, 2.75) is 6.04 Å². The minimum absolute atomic E-state index is 0.104. The number of hydrogen-bond acceptors (Lipinski definition) is 6. The number of nitrogens with one attached hydrogen (secondary N) is 1. The molecule has 0 radical (unpaired) electrons. The number of carboxylic acids is 1. The highest BCUT2D eigenvalue weighted by atomic mass is 16.6. The molecule has 1 atom stereocenters. The number of rotatable bonds is 3. The van der Waals surface area contributed by atoms with Gasteiger partial charge < -0.3 is 15.3 Å². The highest BCUT2D eigenvalue weighted by Crippen LogP contribution is 2.27. The van der Waals surface area contributed by atoms with E-state index in [4.69, 9.17) is 5.26 Å². The zero-order chi connectivity index (χ0) is 14.7. The molecule has 1 heterocycles. The first-order valence-corrected chi connectivity index (χ1v) is 5.93. The fraction of sp³-hybridized carbons (Fsp3) is 0.333. The molecule has 0 aromatic heterocycles. The van der Waals surface area contributed by atoms with Gasteiger partial charge in [0, 0.05) is 31.8 Å². The van der Waals surface area contributed by atoms with Crippen LogP contribution in [0.5, 0.6) is 0 Å². The molecule has 2 rings (SSSR count). The number of carboxylic acid groups (broad SMARTS) is 1. The van der Waals surface area contributed by atoms with Crippen LogP contribution >= 0.6 is 0 Å². The van der Waals surface area contributed by atoms with Crippen LogP contribution in [0.25, 0.3) is 0 Å². The number of benzene rings is 1. The van der Waals surface area contributed by atoms with Gasteiger partial charge in [0.1, 0.15) is 12.1 Å². The number of nitro groups is 1. The summed E-state index contributed by atoms with van der Waals surface area (Å²) in [4.78, 5) is 22.9. The number of non-ortho nitro benzene ring substituents is 1. The van der Waals surface area contributed by atoms with E-state index in [2.05, 4.69) is 5.32 Å². The van der Waals surface area contributed by atoms with Crippen LogP contribution in [0.1, 0.15) is 5.56 Å². The molecule has 8 heteroatoms. The van der Waals surface area contributed by atoms with Gasteiger partial charge in [-0.2, -0.15) is 5.26 Å². The average molecular weight is 276 g/mol. The summed E-state index contributed by atoms with van der Waals surface area (Å²) in [6.45, 7) is 1.27. The summed E-state index contributed by atoms with van der Waals surface area (Å²) in [5.41, 5.74) is 0.326. The normalized spacial score (nSPS) is 18.4. The Morgan fingerprint density at radius 3 is 2.95 bits per heavy atom. The maximum Gasteiger partial charge on any atom is 0.327 e. The smallest absolute Gasteiger partial charge is 0.327 e. The van der Waals surface area contributed by atoms with Gasteiger partial charge in [0.15, 0.2) is 0 Å². The molecule has 104 valence electrons. The number of nitrogens with zero attached hydrogens (tertiary/aromatic N) is 3. The van der Waals surface area contributed by atoms with Crippen LogP contribution in [0, 0.1) is 21.4 Å². The Balaban J connectivity index is 2.43. The van der Waals surface area contributed by atoms with Crippen LogP contribution in [0.15, 0.2) is 18.2 Å². The van der Waals surface area contributed by atoms with E-state index >= 15 is 0 Å². The lowest BCUT2D eigenvalue weighted by Gasteiger charge is -2.35. The number of aliphatic carboxylic acids is 1. The van der Waals surface area contributed by atoms with Crippen molar-refractivity contribution in [1.82, 2.24) is 5.32 Å². The number of hydrogen-bond donors (Lipinski definition) is 2. The van der Waals surface area contributed by atoms with Crippen molar-refractivity contribution in [2.24, 2.45) is 0 Å². The van der Waals surface area contributed by atoms with Gasteiger partial charge in [-0.05, 0) is 6.07 Å². The zero-order valence-electron chi connectivity index (χ0n) is 10.4. The Morgan fingerprint density at radius 2 is 2.35 bits per heavy atom. The molecule has 0 spiro atoms. The molecule has 1 aliphatic heterocycles. The minimum atomic E-state index is -1.00. The van der Waals surface area contributed by atoms with Gasteiger partial charge >= 0.3 is 5.97 Å². The lowest BCUT2D eigenvalue weighted by molar-refractivity contribution is -0.384. The van der Waals surface area contributed by atoms with Crippen molar-refractivity contribution >= 4 is 17.3 Å². The number of carbonyl (C=O) groups is 1. The average Bonchev–Trinajstić information content (AvgIpc) is 2.46. The van der Waals surface area contributed by atoms with Gasteiger partial charge in [-0.25, -0.2) is 4.79 Å². The Morgan fingerprint density at radius 1 is 1.60 bits per heavy atom. The molecule has 20 heavy (non-hydrogen) atoms. The molecule has 8 nitrogen and oxygen atoms in total. The second kappa shape index (κ2) is 5.54.